The predicted octanol–water partition coefficient (Wildman–Crippen LogP) is 1.50. The predicted molar refractivity (Wildman–Crippen MR) is 75.0 cm³/mol. The van der Waals surface area contributed by atoms with E-state index in [1.807, 2.05) is 0 Å². The van der Waals surface area contributed by atoms with Crippen LogP contribution < -0.4 is 5.32 Å². The molecule has 1 N–H and O–H groups in total. The van der Waals surface area contributed by atoms with Crippen molar-refractivity contribution in [3.63, 3.8) is 0 Å². The van der Waals surface area contributed by atoms with Crippen molar-refractivity contribution in [3.8, 4) is 0 Å². The average molecular weight is 258 g/mol. The first-order chi connectivity index (χ1) is 8.37. The van der Waals surface area contributed by atoms with E-state index < -0.39 is 0 Å². The molecule has 18 heavy (non-hydrogen) atoms. The largest absolute Gasteiger partial charge is 0.377 e. The van der Waals surface area contributed by atoms with Crippen molar-refractivity contribution >= 4 is 0 Å². The summed E-state index contributed by atoms with van der Waals surface area (Å²) in [6.07, 6.45) is 1.59. The zero-order valence-corrected chi connectivity index (χ0v) is 12.8. The number of rotatable bonds is 6. The molecule has 1 aliphatic rings. The van der Waals surface area contributed by atoms with Crippen LogP contribution >= 0.6 is 0 Å². The van der Waals surface area contributed by atoms with Gasteiger partial charge in [0.2, 0.25) is 0 Å². The quantitative estimate of drug-likeness (QED) is 0.783. The molecule has 1 aliphatic heterocycles. The van der Waals surface area contributed by atoms with E-state index in [4.69, 9.17) is 9.47 Å². The van der Waals surface area contributed by atoms with Gasteiger partial charge in [-0.25, -0.2) is 0 Å². The van der Waals surface area contributed by atoms with Gasteiger partial charge in [-0.05, 0) is 40.7 Å². The zero-order valence-electron chi connectivity index (χ0n) is 12.8. The molecule has 1 rings (SSSR count). The second kappa shape index (κ2) is 6.85. The van der Waals surface area contributed by atoms with Crippen LogP contribution in [-0.2, 0) is 9.47 Å². The Balaban J connectivity index is 2.32. The lowest BCUT2D eigenvalue weighted by molar-refractivity contribution is -0.00461. The molecule has 0 aliphatic carbocycles. The van der Waals surface area contributed by atoms with Crippen LogP contribution in [0.5, 0.6) is 0 Å². The van der Waals surface area contributed by atoms with E-state index in [1.165, 1.54) is 0 Å². The third kappa shape index (κ3) is 4.84. The molecule has 4 heteroatoms. The first kappa shape index (κ1) is 15.9. The van der Waals surface area contributed by atoms with Crippen LogP contribution in [0.3, 0.4) is 0 Å². The van der Waals surface area contributed by atoms with Gasteiger partial charge in [-0.15, -0.1) is 0 Å². The van der Waals surface area contributed by atoms with Crippen LogP contribution in [0.25, 0.3) is 0 Å². The summed E-state index contributed by atoms with van der Waals surface area (Å²) in [5.74, 6) is 0. The second-order valence-electron chi connectivity index (χ2n) is 6.32. The summed E-state index contributed by atoms with van der Waals surface area (Å²) in [5.41, 5.74) is 0.203. The first-order valence-corrected chi connectivity index (χ1v) is 6.92. The highest BCUT2D eigenvalue weighted by Crippen LogP contribution is 2.19. The van der Waals surface area contributed by atoms with Gasteiger partial charge in [-0.1, -0.05) is 0 Å². The molecule has 0 spiro atoms. The summed E-state index contributed by atoms with van der Waals surface area (Å²) in [5, 5.41) is 3.54. The van der Waals surface area contributed by atoms with Gasteiger partial charge >= 0.3 is 0 Å². The lowest BCUT2D eigenvalue weighted by atomic mass is 10.1. The number of hydrogen-bond donors (Lipinski definition) is 1. The molecule has 0 saturated carbocycles. The average Bonchev–Trinajstić information content (AvgIpc) is 2.70. The monoisotopic (exact) mass is 258 g/mol. The Morgan fingerprint density at radius 2 is 1.67 bits per heavy atom. The Kier molecular flexibility index (Phi) is 6.05. The number of methoxy groups -OCH3 is 2. The summed E-state index contributed by atoms with van der Waals surface area (Å²) in [6.45, 7) is 11.9. The SMILES string of the molecule is COC1CN(C(C)CCNC(C)(C)C)CC1OC. The molecule has 3 atom stereocenters. The third-order valence-electron chi connectivity index (χ3n) is 3.69. The molecule has 108 valence electrons. The van der Waals surface area contributed by atoms with Crippen LogP contribution in [0.2, 0.25) is 0 Å². The lowest BCUT2D eigenvalue weighted by Crippen LogP contribution is -2.40. The van der Waals surface area contributed by atoms with Gasteiger partial charge < -0.3 is 14.8 Å². The summed E-state index contributed by atoms with van der Waals surface area (Å²) >= 11 is 0. The van der Waals surface area contributed by atoms with E-state index >= 15 is 0 Å². The fraction of sp³-hybridized carbons (Fsp3) is 1.00. The minimum absolute atomic E-state index is 0.203. The van der Waals surface area contributed by atoms with Crippen molar-refractivity contribution in [1.82, 2.24) is 10.2 Å². The number of nitrogens with zero attached hydrogens (tertiary/aromatic N) is 1. The van der Waals surface area contributed by atoms with Crippen LogP contribution in [0.4, 0.5) is 0 Å². The van der Waals surface area contributed by atoms with E-state index in [1.54, 1.807) is 14.2 Å². The normalized spacial score (nSPS) is 27.7. The Morgan fingerprint density at radius 3 is 2.06 bits per heavy atom. The Morgan fingerprint density at radius 1 is 1.17 bits per heavy atom. The number of ether oxygens (including phenoxy) is 2. The van der Waals surface area contributed by atoms with Gasteiger partial charge in [0, 0.05) is 38.9 Å². The summed E-state index contributed by atoms with van der Waals surface area (Å²) in [7, 11) is 3.54. The highest BCUT2D eigenvalue weighted by Gasteiger charge is 2.34. The van der Waals surface area contributed by atoms with E-state index in [9.17, 15) is 0 Å². The fourth-order valence-corrected chi connectivity index (χ4v) is 2.42. The van der Waals surface area contributed by atoms with E-state index in [0.29, 0.717) is 6.04 Å². The lowest BCUT2D eigenvalue weighted by Gasteiger charge is -2.26. The third-order valence-corrected chi connectivity index (χ3v) is 3.69. The van der Waals surface area contributed by atoms with E-state index in [2.05, 4.69) is 37.9 Å². The molecule has 1 heterocycles. The van der Waals surface area contributed by atoms with E-state index in [0.717, 1.165) is 26.1 Å². The molecule has 1 fully saturated rings. The molecule has 0 amide bonds. The second-order valence-corrected chi connectivity index (χ2v) is 6.32. The molecule has 1 saturated heterocycles. The maximum atomic E-state index is 5.47. The van der Waals surface area contributed by atoms with Gasteiger partial charge in [-0.3, -0.25) is 4.90 Å². The Hall–Kier alpha value is -0.160. The number of likely N-dealkylation sites (tertiary alicyclic amines) is 1. The summed E-state index contributed by atoms with van der Waals surface area (Å²) < 4.78 is 10.9. The van der Waals surface area contributed by atoms with Gasteiger partial charge in [0.1, 0.15) is 0 Å². The molecule has 0 radical (unpaired) electrons. The molecule has 0 aromatic heterocycles. The van der Waals surface area contributed by atoms with Crippen LogP contribution in [-0.4, -0.2) is 62.5 Å². The minimum atomic E-state index is 0.203. The molecule has 0 aromatic carbocycles. The molecule has 0 aromatic rings. The maximum Gasteiger partial charge on any atom is 0.0971 e. The van der Waals surface area contributed by atoms with Crippen molar-refractivity contribution in [2.45, 2.75) is 57.9 Å². The number of nitrogens with one attached hydrogen (secondary N) is 1. The smallest absolute Gasteiger partial charge is 0.0971 e. The Bertz CT molecular complexity index is 228. The van der Waals surface area contributed by atoms with Crippen molar-refractivity contribution in [2.24, 2.45) is 0 Å². The van der Waals surface area contributed by atoms with Crippen molar-refractivity contribution in [3.05, 3.63) is 0 Å². The topological polar surface area (TPSA) is 33.7 Å². The van der Waals surface area contributed by atoms with Crippen molar-refractivity contribution < 1.29 is 9.47 Å². The Labute approximate surface area is 112 Å². The highest BCUT2D eigenvalue weighted by molar-refractivity contribution is 4.88. The van der Waals surface area contributed by atoms with Crippen LogP contribution in [0.1, 0.15) is 34.1 Å². The summed E-state index contributed by atoms with van der Waals surface area (Å²) in [6, 6.07) is 0.567. The molecular weight excluding hydrogens is 228 g/mol. The van der Waals surface area contributed by atoms with Crippen LogP contribution in [0, 0.1) is 0 Å². The maximum absolute atomic E-state index is 5.47. The van der Waals surface area contributed by atoms with Gasteiger partial charge in [0.05, 0.1) is 12.2 Å². The fourth-order valence-electron chi connectivity index (χ4n) is 2.42. The van der Waals surface area contributed by atoms with Gasteiger partial charge in [0.25, 0.3) is 0 Å². The molecule has 0 bridgehead atoms. The van der Waals surface area contributed by atoms with Crippen molar-refractivity contribution in [1.29, 1.82) is 0 Å². The summed E-state index contributed by atoms with van der Waals surface area (Å²) in [4.78, 5) is 2.46. The minimum Gasteiger partial charge on any atom is -0.377 e. The van der Waals surface area contributed by atoms with Gasteiger partial charge in [-0.2, -0.15) is 0 Å². The standard InChI is InChI=1S/C14H30N2O2/c1-11(7-8-15-14(2,3)4)16-9-12(17-5)13(10-16)18-6/h11-13,15H,7-10H2,1-6H3. The zero-order chi connectivity index (χ0) is 13.8. The highest BCUT2D eigenvalue weighted by atomic mass is 16.5. The molecule has 3 unspecified atom stereocenters. The van der Waals surface area contributed by atoms with E-state index in [-0.39, 0.29) is 17.7 Å². The number of hydrogen-bond acceptors (Lipinski definition) is 4. The van der Waals surface area contributed by atoms with Crippen molar-refractivity contribution in [2.75, 3.05) is 33.9 Å². The van der Waals surface area contributed by atoms with Crippen LogP contribution in [0.15, 0.2) is 0 Å². The van der Waals surface area contributed by atoms with Gasteiger partial charge in [0.15, 0.2) is 0 Å². The first-order valence-electron chi connectivity index (χ1n) is 6.92. The molecular formula is C14H30N2O2. The molecule has 4 nitrogen and oxygen atoms in total.